The van der Waals surface area contributed by atoms with Crippen LogP contribution >= 0.6 is 0 Å². The number of nitrogens with one attached hydrogen (secondary N) is 1. The predicted octanol–water partition coefficient (Wildman–Crippen LogP) is 1.54. The number of aromatic nitrogens is 2. The Kier molecular flexibility index (Phi) is 3.12. The molecule has 1 aliphatic heterocycles. The number of amides is 1. The van der Waals surface area contributed by atoms with Gasteiger partial charge >= 0.3 is 0 Å². The molecule has 1 atom stereocenters. The number of carbonyl (C=O) groups is 1. The Balaban J connectivity index is 1.85. The van der Waals surface area contributed by atoms with E-state index >= 15 is 0 Å². The molecule has 1 unspecified atom stereocenters. The molecule has 1 N–H and O–H groups in total. The van der Waals surface area contributed by atoms with Crippen molar-refractivity contribution in [1.29, 1.82) is 0 Å². The first-order chi connectivity index (χ1) is 9.15. The van der Waals surface area contributed by atoms with Crippen LogP contribution in [0.1, 0.15) is 49.7 Å². The normalized spacial score (nSPS) is 23.4. The fourth-order valence-corrected chi connectivity index (χ4v) is 3.00. The van der Waals surface area contributed by atoms with E-state index in [4.69, 9.17) is 0 Å². The molecule has 0 spiro atoms. The fourth-order valence-electron chi connectivity index (χ4n) is 3.00. The standard InChI is InChI=1S/C14H19N3O2/c1-9-15-11(8-13(18)16-9)12-6-3-7-17(12)14(19)10-4-2-5-10/h8,10,12H,2-7H2,1H3,(H,15,16,18). The van der Waals surface area contributed by atoms with Gasteiger partial charge in [-0.3, -0.25) is 9.59 Å². The van der Waals surface area contributed by atoms with E-state index in [2.05, 4.69) is 9.97 Å². The quantitative estimate of drug-likeness (QED) is 0.878. The van der Waals surface area contributed by atoms with Gasteiger partial charge in [0.15, 0.2) is 0 Å². The summed E-state index contributed by atoms with van der Waals surface area (Å²) in [6.45, 7) is 2.57. The molecule has 1 aromatic rings. The molecule has 2 fully saturated rings. The monoisotopic (exact) mass is 261 g/mol. The van der Waals surface area contributed by atoms with Gasteiger partial charge in [0.2, 0.25) is 5.91 Å². The minimum atomic E-state index is -0.134. The van der Waals surface area contributed by atoms with Crippen molar-refractivity contribution in [3.8, 4) is 0 Å². The van der Waals surface area contributed by atoms with Crippen LogP contribution in [0.3, 0.4) is 0 Å². The summed E-state index contributed by atoms with van der Waals surface area (Å²) in [5.74, 6) is 1.09. The molecule has 1 aliphatic carbocycles. The number of H-pyrrole nitrogens is 1. The molecule has 2 aliphatic rings. The molecule has 5 heteroatoms. The molecule has 19 heavy (non-hydrogen) atoms. The van der Waals surface area contributed by atoms with Gasteiger partial charge < -0.3 is 9.88 Å². The molecule has 5 nitrogen and oxygen atoms in total. The largest absolute Gasteiger partial charge is 0.334 e. The van der Waals surface area contributed by atoms with Crippen molar-refractivity contribution in [3.05, 3.63) is 27.9 Å². The molecular weight excluding hydrogens is 242 g/mol. The zero-order valence-corrected chi connectivity index (χ0v) is 11.2. The topological polar surface area (TPSA) is 66.1 Å². The maximum absolute atomic E-state index is 12.4. The number of aromatic amines is 1. The van der Waals surface area contributed by atoms with E-state index in [-0.39, 0.29) is 23.4 Å². The van der Waals surface area contributed by atoms with Gasteiger partial charge in [-0.25, -0.2) is 4.98 Å². The third-order valence-corrected chi connectivity index (χ3v) is 4.21. The number of hydrogen-bond acceptors (Lipinski definition) is 3. The van der Waals surface area contributed by atoms with Gasteiger partial charge in [0, 0.05) is 18.5 Å². The van der Waals surface area contributed by atoms with Gasteiger partial charge in [-0.1, -0.05) is 6.42 Å². The summed E-state index contributed by atoms with van der Waals surface area (Å²) < 4.78 is 0. The summed E-state index contributed by atoms with van der Waals surface area (Å²) >= 11 is 0. The maximum Gasteiger partial charge on any atom is 0.251 e. The second-order valence-corrected chi connectivity index (χ2v) is 5.57. The molecule has 1 amide bonds. The Bertz CT molecular complexity index is 548. The Morgan fingerprint density at radius 1 is 1.37 bits per heavy atom. The zero-order valence-electron chi connectivity index (χ0n) is 11.2. The zero-order chi connectivity index (χ0) is 13.4. The van der Waals surface area contributed by atoms with E-state index in [1.807, 2.05) is 4.90 Å². The third-order valence-electron chi connectivity index (χ3n) is 4.21. The lowest BCUT2D eigenvalue weighted by atomic mass is 9.84. The first-order valence-electron chi connectivity index (χ1n) is 7.03. The van der Waals surface area contributed by atoms with Gasteiger partial charge in [0.25, 0.3) is 5.56 Å². The van der Waals surface area contributed by atoms with Crippen LogP contribution in [-0.2, 0) is 4.79 Å². The Morgan fingerprint density at radius 2 is 2.16 bits per heavy atom. The number of rotatable bonds is 2. The lowest BCUT2D eigenvalue weighted by Gasteiger charge is -2.32. The third kappa shape index (κ3) is 2.29. The maximum atomic E-state index is 12.4. The van der Waals surface area contributed by atoms with E-state index in [0.29, 0.717) is 5.82 Å². The highest BCUT2D eigenvalue weighted by atomic mass is 16.2. The lowest BCUT2D eigenvalue weighted by molar-refractivity contribution is -0.139. The molecule has 0 aromatic carbocycles. The van der Waals surface area contributed by atoms with E-state index in [1.165, 1.54) is 6.07 Å². The number of carbonyl (C=O) groups excluding carboxylic acids is 1. The number of aryl methyl sites for hydroxylation is 1. The van der Waals surface area contributed by atoms with Gasteiger partial charge in [-0.2, -0.15) is 0 Å². The predicted molar refractivity (Wildman–Crippen MR) is 70.6 cm³/mol. The SMILES string of the molecule is Cc1nc(C2CCCN2C(=O)C2CCC2)cc(=O)[nH]1. The molecule has 3 rings (SSSR count). The molecule has 1 saturated heterocycles. The van der Waals surface area contributed by atoms with Gasteiger partial charge in [-0.15, -0.1) is 0 Å². The van der Waals surface area contributed by atoms with Crippen LogP contribution in [0.5, 0.6) is 0 Å². The Labute approximate surface area is 112 Å². The van der Waals surface area contributed by atoms with Gasteiger partial charge in [-0.05, 0) is 32.6 Å². The molecule has 0 bridgehead atoms. The minimum absolute atomic E-state index is 0.00546. The summed E-state index contributed by atoms with van der Waals surface area (Å²) in [4.78, 5) is 32.9. The first kappa shape index (κ1) is 12.4. The summed E-state index contributed by atoms with van der Waals surface area (Å²) in [5.41, 5.74) is 0.608. The molecule has 1 aromatic heterocycles. The van der Waals surface area contributed by atoms with Crippen molar-refractivity contribution in [2.24, 2.45) is 5.92 Å². The highest BCUT2D eigenvalue weighted by Crippen LogP contribution is 2.36. The first-order valence-corrected chi connectivity index (χ1v) is 7.03. The lowest BCUT2D eigenvalue weighted by Crippen LogP contribution is -2.39. The second kappa shape index (κ2) is 4.79. The average Bonchev–Trinajstić information content (AvgIpc) is 2.73. The van der Waals surface area contributed by atoms with Gasteiger partial charge in [0.05, 0.1) is 11.7 Å². The highest BCUT2D eigenvalue weighted by Gasteiger charge is 2.36. The molecule has 102 valence electrons. The van der Waals surface area contributed by atoms with Crippen molar-refractivity contribution >= 4 is 5.91 Å². The van der Waals surface area contributed by atoms with Crippen LogP contribution < -0.4 is 5.56 Å². The van der Waals surface area contributed by atoms with Crippen LogP contribution in [-0.4, -0.2) is 27.3 Å². The number of likely N-dealkylation sites (tertiary alicyclic amines) is 1. The summed E-state index contributed by atoms with van der Waals surface area (Å²) in [6.07, 6.45) is 5.11. The second-order valence-electron chi connectivity index (χ2n) is 5.57. The van der Waals surface area contributed by atoms with Crippen LogP contribution in [0, 0.1) is 12.8 Å². The van der Waals surface area contributed by atoms with Crippen molar-refractivity contribution in [1.82, 2.24) is 14.9 Å². The van der Waals surface area contributed by atoms with Crippen LogP contribution in [0.25, 0.3) is 0 Å². The van der Waals surface area contributed by atoms with Crippen molar-refractivity contribution in [2.75, 3.05) is 6.54 Å². The summed E-state index contributed by atoms with van der Waals surface area (Å²) in [7, 11) is 0. The number of nitrogens with zero attached hydrogens (tertiary/aromatic N) is 2. The Morgan fingerprint density at radius 3 is 2.79 bits per heavy atom. The van der Waals surface area contributed by atoms with Crippen LogP contribution in [0.4, 0.5) is 0 Å². The molecule has 1 saturated carbocycles. The van der Waals surface area contributed by atoms with Gasteiger partial charge in [0.1, 0.15) is 5.82 Å². The van der Waals surface area contributed by atoms with Crippen LogP contribution in [0.15, 0.2) is 10.9 Å². The van der Waals surface area contributed by atoms with E-state index in [1.54, 1.807) is 6.92 Å². The van der Waals surface area contributed by atoms with E-state index < -0.39 is 0 Å². The summed E-state index contributed by atoms with van der Waals surface area (Å²) in [6, 6.07) is 1.53. The smallest absolute Gasteiger partial charge is 0.251 e. The fraction of sp³-hybridized carbons (Fsp3) is 0.643. The number of hydrogen-bond donors (Lipinski definition) is 1. The average molecular weight is 261 g/mol. The molecular formula is C14H19N3O2. The summed E-state index contributed by atoms with van der Waals surface area (Å²) in [5, 5.41) is 0. The van der Waals surface area contributed by atoms with Crippen molar-refractivity contribution in [3.63, 3.8) is 0 Å². The molecule has 0 radical (unpaired) electrons. The molecule has 2 heterocycles. The van der Waals surface area contributed by atoms with E-state index in [9.17, 15) is 9.59 Å². The van der Waals surface area contributed by atoms with Crippen LogP contribution in [0.2, 0.25) is 0 Å². The van der Waals surface area contributed by atoms with Crippen molar-refractivity contribution in [2.45, 2.75) is 45.1 Å². The Hall–Kier alpha value is -1.65. The minimum Gasteiger partial charge on any atom is -0.334 e. The highest BCUT2D eigenvalue weighted by molar-refractivity contribution is 5.80. The van der Waals surface area contributed by atoms with E-state index in [0.717, 1.165) is 44.3 Å². The van der Waals surface area contributed by atoms with Crippen molar-refractivity contribution < 1.29 is 4.79 Å².